The van der Waals surface area contributed by atoms with Crippen LogP contribution in [0.5, 0.6) is 5.75 Å². The Bertz CT molecular complexity index is 1090. The zero-order valence-corrected chi connectivity index (χ0v) is 19.7. The monoisotopic (exact) mass is 457 g/mol. The van der Waals surface area contributed by atoms with Crippen LogP contribution in [0.4, 0.5) is 0 Å². The second-order valence-corrected chi connectivity index (χ2v) is 9.71. The van der Waals surface area contributed by atoms with E-state index < -0.39 is 5.41 Å². The standard InChI is InChI=1S/C29H32N2O3/c1-31(19-8-13-27(33)22-14-16-26(32)17-15-22)20-18-25(21-31)29(28(30)34,23-9-4-2-5-10-23)24-11-6-3-7-12-24/h2-7,9-12,14-17,25H,8,13,18-21H2,1H3,(H2-,30,32,33,34)/p+1/t25-,31?/m1/s1. The molecule has 3 aromatic rings. The SMILES string of the molecule is C[N+]1(CCCC(=O)c2ccc(O)cc2)CC[C@@H](C(C(N)=O)(c2ccccc2)c2ccccc2)C1. The van der Waals surface area contributed by atoms with Crippen molar-refractivity contribution in [2.24, 2.45) is 11.7 Å². The van der Waals surface area contributed by atoms with E-state index in [0.717, 1.165) is 48.1 Å². The molecule has 0 aromatic heterocycles. The van der Waals surface area contributed by atoms with E-state index in [-0.39, 0.29) is 23.4 Å². The molecule has 0 spiro atoms. The lowest BCUT2D eigenvalue weighted by Crippen LogP contribution is -2.51. The maximum Gasteiger partial charge on any atom is 0.233 e. The van der Waals surface area contributed by atoms with E-state index in [4.69, 9.17) is 5.73 Å². The molecule has 2 atom stereocenters. The first-order valence-electron chi connectivity index (χ1n) is 11.9. The fourth-order valence-electron chi connectivity index (χ4n) is 5.68. The summed E-state index contributed by atoms with van der Waals surface area (Å²) in [5.74, 6) is -0.00616. The van der Waals surface area contributed by atoms with Crippen molar-refractivity contribution in [1.29, 1.82) is 0 Å². The van der Waals surface area contributed by atoms with Crippen LogP contribution in [0.25, 0.3) is 0 Å². The van der Waals surface area contributed by atoms with Crippen LogP contribution >= 0.6 is 0 Å². The van der Waals surface area contributed by atoms with Gasteiger partial charge in [0.1, 0.15) is 11.2 Å². The number of nitrogens with zero attached hydrogens (tertiary/aromatic N) is 1. The number of carbonyl (C=O) groups is 2. The van der Waals surface area contributed by atoms with E-state index in [1.807, 2.05) is 60.7 Å². The minimum absolute atomic E-state index is 0.0626. The summed E-state index contributed by atoms with van der Waals surface area (Å²) in [6.45, 7) is 2.62. The van der Waals surface area contributed by atoms with Gasteiger partial charge in [-0.2, -0.15) is 0 Å². The number of amides is 1. The largest absolute Gasteiger partial charge is 0.508 e. The molecule has 1 fully saturated rings. The van der Waals surface area contributed by atoms with Crippen LogP contribution in [0.3, 0.4) is 0 Å². The first-order valence-corrected chi connectivity index (χ1v) is 11.9. The molecule has 0 bridgehead atoms. The molecule has 0 aliphatic carbocycles. The second-order valence-electron chi connectivity index (χ2n) is 9.71. The number of aromatic hydroxyl groups is 1. The minimum Gasteiger partial charge on any atom is -0.508 e. The number of Topliss-reactive ketones (excluding diaryl/α,β-unsaturated/α-hetero) is 1. The molecular weight excluding hydrogens is 424 g/mol. The molecule has 1 unspecified atom stereocenters. The number of likely N-dealkylation sites (tertiary alicyclic amines) is 1. The third kappa shape index (κ3) is 4.62. The maximum atomic E-state index is 13.3. The van der Waals surface area contributed by atoms with Crippen LogP contribution < -0.4 is 5.73 Å². The molecule has 1 heterocycles. The molecule has 1 aliphatic heterocycles. The highest BCUT2D eigenvalue weighted by molar-refractivity contribution is 5.96. The number of hydrogen-bond acceptors (Lipinski definition) is 3. The smallest absolute Gasteiger partial charge is 0.233 e. The number of phenols is 1. The zero-order chi connectivity index (χ0) is 24.2. The summed E-state index contributed by atoms with van der Waals surface area (Å²) in [7, 11) is 2.22. The number of rotatable bonds is 9. The van der Waals surface area contributed by atoms with Gasteiger partial charge in [-0.05, 0) is 35.4 Å². The topological polar surface area (TPSA) is 80.4 Å². The van der Waals surface area contributed by atoms with Crippen molar-refractivity contribution in [3.63, 3.8) is 0 Å². The first-order chi connectivity index (χ1) is 16.3. The van der Waals surface area contributed by atoms with E-state index in [1.54, 1.807) is 24.3 Å². The predicted octanol–water partition coefficient (Wildman–Crippen LogP) is 4.29. The molecule has 1 saturated heterocycles. The van der Waals surface area contributed by atoms with E-state index in [9.17, 15) is 14.7 Å². The van der Waals surface area contributed by atoms with Gasteiger partial charge in [-0.1, -0.05) is 60.7 Å². The third-order valence-corrected chi connectivity index (χ3v) is 7.43. The van der Waals surface area contributed by atoms with Crippen molar-refractivity contribution in [2.45, 2.75) is 24.7 Å². The van der Waals surface area contributed by atoms with Gasteiger partial charge in [-0.3, -0.25) is 9.59 Å². The normalized spacial score (nSPS) is 20.2. The summed E-state index contributed by atoms with van der Waals surface area (Å²) >= 11 is 0. The van der Waals surface area contributed by atoms with Gasteiger partial charge in [0.05, 0.1) is 26.7 Å². The maximum absolute atomic E-state index is 13.3. The third-order valence-electron chi connectivity index (χ3n) is 7.43. The van der Waals surface area contributed by atoms with Crippen LogP contribution in [-0.2, 0) is 10.2 Å². The molecule has 5 heteroatoms. The van der Waals surface area contributed by atoms with Crippen molar-refractivity contribution >= 4 is 11.7 Å². The Kier molecular flexibility index (Phi) is 6.85. The van der Waals surface area contributed by atoms with Crippen molar-refractivity contribution in [3.05, 3.63) is 102 Å². The van der Waals surface area contributed by atoms with Gasteiger partial charge in [-0.25, -0.2) is 0 Å². The van der Waals surface area contributed by atoms with Crippen molar-refractivity contribution < 1.29 is 19.2 Å². The summed E-state index contributed by atoms with van der Waals surface area (Å²) in [5, 5.41) is 9.44. The Balaban J connectivity index is 1.53. The van der Waals surface area contributed by atoms with Crippen LogP contribution in [0, 0.1) is 5.92 Å². The Morgan fingerprint density at radius 1 is 0.941 bits per heavy atom. The number of carbonyl (C=O) groups excluding carboxylic acids is 2. The number of phenolic OH excluding ortho intramolecular Hbond substituents is 1. The van der Waals surface area contributed by atoms with Gasteiger partial charge >= 0.3 is 0 Å². The highest BCUT2D eigenvalue weighted by Crippen LogP contribution is 2.45. The Labute approximate surface area is 201 Å². The van der Waals surface area contributed by atoms with Crippen LogP contribution in [0.2, 0.25) is 0 Å². The highest BCUT2D eigenvalue weighted by atomic mass is 16.3. The summed E-state index contributed by atoms with van der Waals surface area (Å²) < 4.78 is 0.808. The molecule has 5 nitrogen and oxygen atoms in total. The lowest BCUT2D eigenvalue weighted by atomic mass is 9.64. The quantitative estimate of drug-likeness (QED) is 0.372. The fourth-order valence-corrected chi connectivity index (χ4v) is 5.68. The number of primary amides is 1. The summed E-state index contributed by atoms with van der Waals surface area (Å²) in [6, 6.07) is 26.2. The van der Waals surface area contributed by atoms with Gasteiger partial charge in [0.15, 0.2) is 5.78 Å². The first kappa shape index (κ1) is 23.7. The van der Waals surface area contributed by atoms with Gasteiger partial charge in [-0.15, -0.1) is 0 Å². The number of quaternary nitrogens is 1. The number of nitrogens with two attached hydrogens (primary N) is 1. The van der Waals surface area contributed by atoms with Gasteiger partial charge < -0.3 is 15.3 Å². The molecule has 3 N–H and O–H groups in total. The number of ketones is 1. The van der Waals surface area contributed by atoms with Gasteiger partial charge in [0, 0.05) is 30.7 Å². The fraction of sp³-hybridized carbons (Fsp3) is 0.310. The van der Waals surface area contributed by atoms with E-state index in [2.05, 4.69) is 7.05 Å². The number of hydrogen-bond donors (Lipinski definition) is 2. The Morgan fingerprint density at radius 2 is 1.50 bits per heavy atom. The Hall–Kier alpha value is -3.44. The molecule has 0 saturated carbocycles. The van der Waals surface area contributed by atoms with Crippen LogP contribution in [-0.4, -0.2) is 48.0 Å². The second kappa shape index (κ2) is 9.82. The average Bonchev–Trinajstić information content (AvgIpc) is 3.23. The van der Waals surface area contributed by atoms with Gasteiger partial charge in [0.25, 0.3) is 0 Å². The summed E-state index contributed by atoms with van der Waals surface area (Å²) in [5.41, 5.74) is 7.83. The molecule has 3 aromatic carbocycles. The molecule has 1 amide bonds. The Morgan fingerprint density at radius 3 is 2.03 bits per heavy atom. The number of benzene rings is 3. The van der Waals surface area contributed by atoms with Crippen molar-refractivity contribution in [3.8, 4) is 5.75 Å². The average molecular weight is 458 g/mol. The summed E-state index contributed by atoms with van der Waals surface area (Å²) in [4.78, 5) is 25.8. The van der Waals surface area contributed by atoms with E-state index >= 15 is 0 Å². The molecule has 4 rings (SSSR count). The highest BCUT2D eigenvalue weighted by Gasteiger charge is 2.53. The van der Waals surface area contributed by atoms with Gasteiger partial charge in [0.2, 0.25) is 5.91 Å². The molecule has 34 heavy (non-hydrogen) atoms. The lowest BCUT2D eigenvalue weighted by molar-refractivity contribution is -0.899. The molecule has 176 valence electrons. The minimum atomic E-state index is -0.889. The molecule has 0 radical (unpaired) electrons. The van der Waals surface area contributed by atoms with Crippen LogP contribution in [0.1, 0.15) is 40.7 Å². The zero-order valence-electron chi connectivity index (χ0n) is 19.7. The van der Waals surface area contributed by atoms with Crippen LogP contribution in [0.15, 0.2) is 84.9 Å². The van der Waals surface area contributed by atoms with E-state index in [0.29, 0.717) is 12.0 Å². The lowest BCUT2D eigenvalue weighted by Gasteiger charge is -2.38. The predicted molar refractivity (Wildman–Crippen MR) is 133 cm³/mol. The van der Waals surface area contributed by atoms with Crippen molar-refractivity contribution in [2.75, 3.05) is 26.7 Å². The van der Waals surface area contributed by atoms with E-state index in [1.165, 1.54) is 0 Å². The van der Waals surface area contributed by atoms with Crippen molar-refractivity contribution in [1.82, 2.24) is 0 Å². The summed E-state index contributed by atoms with van der Waals surface area (Å²) in [6.07, 6.45) is 2.11. The molecule has 1 aliphatic rings. The molecular formula is C29H33N2O3+.